The summed E-state index contributed by atoms with van der Waals surface area (Å²) < 4.78 is 13.5. The molecule has 16 rings (SSSR count). The van der Waals surface area contributed by atoms with Gasteiger partial charge >= 0.3 is 0 Å². The SMILES string of the molecule is c1ccc(-c2cccc(-c3ccc(N(c4ccccc4)c4cccc(-c5cccc6oc7c8ccc(-c9cccc(N(c%10ccccc%10)c%10cccc(-c%11cccc%12oc%13c%14ccccc%14ccc%13c%11%12)c%10)c9)cc8ccc7c56)c4)cc3)c2)cc1. The zero-order chi connectivity index (χ0) is 55.5. The second-order valence-electron chi connectivity index (χ2n) is 21.6. The van der Waals surface area contributed by atoms with E-state index in [2.05, 4.69) is 325 Å². The van der Waals surface area contributed by atoms with Crippen molar-refractivity contribution in [3.8, 4) is 55.6 Å². The fourth-order valence-corrected chi connectivity index (χ4v) is 12.6. The lowest BCUT2D eigenvalue weighted by atomic mass is 9.96. The molecule has 0 saturated heterocycles. The van der Waals surface area contributed by atoms with E-state index in [1.165, 1.54) is 27.6 Å². The average molecular weight is 1070 g/mol. The van der Waals surface area contributed by atoms with Crippen LogP contribution >= 0.6 is 0 Å². The van der Waals surface area contributed by atoms with Gasteiger partial charge in [-0.15, -0.1) is 0 Å². The molecule has 0 amide bonds. The number of para-hydroxylation sites is 2. The Morgan fingerprint density at radius 1 is 0.202 bits per heavy atom. The van der Waals surface area contributed by atoms with Crippen LogP contribution in [-0.2, 0) is 0 Å². The molecular weight excluding hydrogens is 1020 g/mol. The zero-order valence-corrected chi connectivity index (χ0v) is 45.7. The predicted molar refractivity (Wildman–Crippen MR) is 353 cm³/mol. The molecule has 0 aliphatic rings. The van der Waals surface area contributed by atoms with Crippen LogP contribution in [0.1, 0.15) is 0 Å². The third kappa shape index (κ3) is 8.55. The molecule has 2 heterocycles. The summed E-state index contributed by atoms with van der Waals surface area (Å²) in [5.74, 6) is 0. The van der Waals surface area contributed by atoms with Crippen LogP contribution in [0.4, 0.5) is 34.1 Å². The summed E-state index contributed by atoms with van der Waals surface area (Å²) >= 11 is 0. The summed E-state index contributed by atoms with van der Waals surface area (Å²) in [6, 6.07) is 113. The third-order valence-electron chi connectivity index (χ3n) is 16.6. The van der Waals surface area contributed by atoms with E-state index in [1.807, 2.05) is 0 Å². The molecule has 0 saturated carbocycles. The van der Waals surface area contributed by atoms with Crippen LogP contribution in [0.5, 0.6) is 0 Å². The van der Waals surface area contributed by atoms with Crippen LogP contribution in [0.15, 0.2) is 324 Å². The van der Waals surface area contributed by atoms with Gasteiger partial charge in [0.05, 0.1) is 0 Å². The maximum Gasteiger partial charge on any atom is 0.143 e. The van der Waals surface area contributed by atoms with Crippen molar-refractivity contribution in [2.75, 3.05) is 9.80 Å². The zero-order valence-electron chi connectivity index (χ0n) is 45.7. The summed E-state index contributed by atoms with van der Waals surface area (Å²) in [4.78, 5) is 4.69. The molecule has 0 N–H and O–H groups in total. The van der Waals surface area contributed by atoms with E-state index >= 15 is 0 Å². The summed E-state index contributed by atoms with van der Waals surface area (Å²) in [6.07, 6.45) is 0. The van der Waals surface area contributed by atoms with Gasteiger partial charge in [0.25, 0.3) is 0 Å². The van der Waals surface area contributed by atoms with E-state index in [4.69, 9.17) is 8.83 Å². The average Bonchev–Trinajstić information content (AvgIpc) is 3.38. The maximum atomic E-state index is 6.89. The Morgan fingerprint density at radius 3 is 1.15 bits per heavy atom. The Morgan fingerprint density at radius 2 is 0.571 bits per heavy atom. The molecule has 0 aliphatic carbocycles. The van der Waals surface area contributed by atoms with Crippen molar-refractivity contribution in [2.24, 2.45) is 0 Å². The number of hydrogen-bond donors (Lipinski definition) is 0. The van der Waals surface area contributed by atoms with Gasteiger partial charge in [0.1, 0.15) is 22.3 Å². The van der Waals surface area contributed by atoms with Gasteiger partial charge in [0, 0.05) is 66.4 Å². The Hall–Kier alpha value is -11.2. The molecule has 14 aromatic carbocycles. The Kier molecular flexibility index (Phi) is 11.8. The van der Waals surface area contributed by atoms with E-state index in [-0.39, 0.29) is 0 Å². The monoisotopic (exact) mass is 1070 g/mol. The molecule has 394 valence electrons. The van der Waals surface area contributed by atoms with E-state index < -0.39 is 0 Å². The number of anilines is 6. The molecular formula is C80H52N2O2. The summed E-state index contributed by atoms with van der Waals surface area (Å²) in [5, 5.41) is 8.91. The Balaban J connectivity index is 0.731. The van der Waals surface area contributed by atoms with E-state index in [0.717, 1.165) is 128 Å². The second kappa shape index (κ2) is 20.4. The fourth-order valence-electron chi connectivity index (χ4n) is 12.6. The molecule has 16 aromatic rings. The van der Waals surface area contributed by atoms with Crippen LogP contribution in [-0.4, -0.2) is 0 Å². The first-order valence-corrected chi connectivity index (χ1v) is 28.6. The molecule has 0 aliphatic heterocycles. The van der Waals surface area contributed by atoms with E-state index in [9.17, 15) is 0 Å². The minimum Gasteiger partial charge on any atom is -0.455 e. The van der Waals surface area contributed by atoms with Crippen molar-refractivity contribution < 1.29 is 8.83 Å². The standard InChI is InChI=1S/C80H52N2O2/c1-4-18-53(19-5-1)56-21-12-22-57(48-56)54-38-43-65(44-39-54)81(63-26-6-2-7-27-63)67-31-14-24-60(51-67)69-34-17-37-76-78(69)74-47-42-62-49-59(41-45-72(62)80(74)84-76)58-23-13-30-66(50-58)82(64-28-8-3-9-29-64)68-32-15-25-61(52-68)70-35-16-36-75-77(70)73-46-40-55-20-10-11-33-71(55)79(73)83-75/h1-52H. The molecule has 4 nitrogen and oxygen atoms in total. The van der Waals surface area contributed by atoms with Crippen molar-refractivity contribution in [3.05, 3.63) is 315 Å². The van der Waals surface area contributed by atoms with Gasteiger partial charge < -0.3 is 18.6 Å². The molecule has 0 atom stereocenters. The summed E-state index contributed by atoms with van der Waals surface area (Å²) in [5.41, 5.74) is 21.5. The van der Waals surface area contributed by atoms with Crippen molar-refractivity contribution in [1.29, 1.82) is 0 Å². The highest BCUT2D eigenvalue weighted by molar-refractivity contribution is 6.20. The number of benzene rings is 14. The first kappa shape index (κ1) is 48.7. The molecule has 0 radical (unpaired) electrons. The first-order chi connectivity index (χ1) is 41.6. The summed E-state index contributed by atoms with van der Waals surface area (Å²) in [7, 11) is 0. The van der Waals surface area contributed by atoms with Crippen molar-refractivity contribution >= 4 is 99.5 Å². The van der Waals surface area contributed by atoms with Crippen LogP contribution in [0, 0.1) is 0 Å². The summed E-state index contributed by atoms with van der Waals surface area (Å²) in [6.45, 7) is 0. The fraction of sp³-hybridized carbons (Fsp3) is 0. The molecule has 4 heteroatoms. The smallest absolute Gasteiger partial charge is 0.143 e. The molecule has 0 unspecified atom stereocenters. The van der Waals surface area contributed by atoms with Crippen molar-refractivity contribution in [1.82, 2.24) is 0 Å². The van der Waals surface area contributed by atoms with E-state index in [1.54, 1.807) is 0 Å². The predicted octanol–water partition coefficient (Wildman–Crippen LogP) is 23.1. The maximum absolute atomic E-state index is 6.89. The number of rotatable bonds is 11. The third-order valence-corrected chi connectivity index (χ3v) is 16.6. The Labute approximate surface area is 486 Å². The van der Waals surface area contributed by atoms with Gasteiger partial charge in [0.15, 0.2) is 0 Å². The molecule has 0 spiro atoms. The van der Waals surface area contributed by atoms with Gasteiger partial charge in [-0.3, -0.25) is 0 Å². The first-order valence-electron chi connectivity index (χ1n) is 28.6. The normalized spacial score (nSPS) is 11.6. The van der Waals surface area contributed by atoms with Crippen LogP contribution in [0.2, 0.25) is 0 Å². The van der Waals surface area contributed by atoms with Gasteiger partial charge in [0.2, 0.25) is 0 Å². The van der Waals surface area contributed by atoms with Crippen molar-refractivity contribution in [2.45, 2.75) is 0 Å². The van der Waals surface area contributed by atoms with Crippen molar-refractivity contribution in [3.63, 3.8) is 0 Å². The minimum atomic E-state index is 0.859. The Bertz CT molecular complexity index is 5140. The highest BCUT2D eigenvalue weighted by atomic mass is 16.3. The van der Waals surface area contributed by atoms with Gasteiger partial charge in [-0.2, -0.15) is 0 Å². The minimum absolute atomic E-state index is 0.859. The van der Waals surface area contributed by atoms with Gasteiger partial charge in [-0.25, -0.2) is 0 Å². The second-order valence-corrected chi connectivity index (χ2v) is 21.6. The van der Waals surface area contributed by atoms with Gasteiger partial charge in [-0.1, -0.05) is 200 Å². The lowest BCUT2D eigenvalue weighted by Gasteiger charge is -2.26. The molecule has 0 fully saturated rings. The molecule has 84 heavy (non-hydrogen) atoms. The van der Waals surface area contributed by atoms with Crippen LogP contribution < -0.4 is 9.80 Å². The highest BCUT2D eigenvalue weighted by Crippen LogP contribution is 2.46. The largest absolute Gasteiger partial charge is 0.455 e. The number of hydrogen-bond acceptors (Lipinski definition) is 4. The lowest BCUT2D eigenvalue weighted by Crippen LogP contribution is -2.10. The number of furan rings is 2. The molecule has 2 aromatic heterocycles. The van der Waals surface area contributed by atoms with Crippen LogP contribution in [0.25, 0.3) is 121 Å². The number of nitrogens with zero attached hydrogens (tertiary/aromatic N) is 2. The quantitative estimate of drug-likeness (QED) is 0.129. The van der Waals surface area contributed by atoms with Gasteiger partial charge in [-0.05, 0) is 182 Å². The number of fused-ring (bicyclic) bond motifs is 10. The lowest BCUT2D eigenvalue weighted by molar-refractivity contribution is 0.672. The highest BCUT2D eigenvalue weighted by Gasteiger charge is 2.21. The topological polar surface area (TPSA) is 32.8 Å². The molecule has 0 bridgehead atoms. The van der Waals surface area contributed by atoms with Crippen LogP contribution in [0.3, 0.4) is 0 Å². The van der Waals surface area contributed by atoms with E-state index in [0.29, 0.717) is 0 Å².